The maximum absolute atomic E-state index is 12.0. The van der Waals surface area contributed by atoms with Gasteiger partial charge in [0.25, 0.3) is 0 Å². The van der Waals surface area contributed by atoms with Crippen LogP contribution in [0.15, 0.2) is 34.7 Å². The van der Waals surface area contributed by atoms with E-state index in [4.69, 9.17) is 9.15 Å². The van der Waals surface area contributed by atoms with Gasteiger partial charge in [0.05, 0.1) is 12.6 Å². The van der Waals surface area contributed by atoms with Gasteiger partial charge in [0.15, 0.2) is 0 Å². The molecule has 2 aromatic rings. The van der Waals surface area contributed by atoms with Gasteiger partial charge < -0.3 is 19.8 Å². The number of carbonyl (C=O) groups excluding carboxylic acids is 1. The lowest BCUT2D eigenvalue weighted by molar-refractivity contribution is 0.185. The highest BCUT2D eigenvalue weighted by Gasteiger charge is 2.14. The smallest absolute Gasteiger partial charge is 0.315 e. The molecule has 0 aliphatic rings. The molecule has 5 nitrogen and oxygen atoms in total. The van der Waals surface area contributed by atoms with Gasteiger partial charge in [-0.2, -0.15) is 0 Å². The number of ether oxygens (including phenoxy) is 1. The molecular weight excluding hydrogens is 292 g/mol. The standard InChI is InChI=1S/C18H24N2O3/c1-12-9-17(14(3)23-12)13(2)20-18(21)19-10-15-5-7-16(8-6-15)11-22-4/h5-9,13H,10-11H2,1-4H3,(H2,19,20,21). The molecule has 2 amide bonds. The summed E-state index contributed by atoms with van der Waals surface area (Å²) in [6, 6.07) is 9.63. The molecule has 0 saturated carbocycles. The zero-order valence-corrected chi connectivity index (χ0v) is 14.1. The Morgan fingerprint density at radius 3 is 2.43 bits per heavy atom. The summed E-state index contributed by atoms with van der Waals surface area (Å²) in [5.41, 5.74) is 3.16. The fraction of sp³-hybridized carbons (Fsp3) is 0.389. The number of rotatable bonds is 6. The minimum absolute atomic E-state index is 0.100. The quantitative estimate of drug-likeness (QED) is 0.856. The van der Waals surface area contributed by atoms with E-state index in [1.165, 1.54) is 0 Å². The Balaban J connectivity index is 1.83. The monoisotopic (exact) mass is 316 g/mol. The Bertz CT molecular complexity index is 647. The third-order valence-electron chi connectivity index (χ3n) is 3.68. The fourth-order valence-electron chi connectivity index (χ4n) is 2.51. The molecule has 1 aromatic heterocycles. The van der Waals surface area contributed by atoms with Crippen LogP contribution in [0.5, 0.6) is 0 Å². The van der Waals surface area contributed by atoms with E-state index in [9.17, 15) is 4.79 Å². The Hall–Kier alpha value is -2.27. The lowest BCUT2D eigenvalue weighted by atomic mass is 10.1. The van der Waals surface area contributed by atoms with Crippen molar-refractivity contribution in [3.63, 3.8) is 0 Å². The number of methoxy groups -OCH3 is 1. The SMILES string of the molecule is COCc1ccc(CNC(=O)NC(C)c2cc(C)oc2C)cc1. The summed E-state index contributed by atoms with van der Waals surface area (Å²) < 4.78 is 10.6. The largest absolute Gasteiger partial charge is 0.466 e. The summed E-state index contributed by atoms with van der Waals surface area (Å²) in [6.07, 6.45) is 0. The highest BCUT2D eigenvalue weighted by atomic mass is 16.5. The van der Waals surface area contributed by atoms with Crippen LogP contribution in [0.3, 0.4) is 0 Å². The number of hydrogen-bond donors (Lipinski definition) is 2. The maximum Gasteiger partial charge on any atom is 0.315 e. The number of urea groups is 1. The number of aryl methyl sites for hydroxylation is 2. The second-order valence-electron chi connectivity index (χ2n) is 5.67. The topological polar surface area (TPSA) is 63.5 Å². The van der Waals surface area contributed by atoms with Gasteiger partial charge in [0, 0.05) is 19.2 Å². The molecule has 2 N–H and O–H groups in total. The maximum atomic E-state index is 12.0. The van der Waals surface area contributed by atoms with Crippen molar-refractivity contribution in [2.24, 2.45) is 0 Å². The highest BCUT2D eigenvalue weighted by Crippen LogP contribution is 2.20. The molecule has 23 heavy (non-hydrogen) atoms. The summed E-state index contributed by atoms with van der Waals surface area (Å²) in [5, 5.41) is 5.79. The highest BCUT2D eigenvalue weighted by molar-refractivity contribution is 5.74. The van der Waals surface area contributed by atoms with Gasteiger partial charge in [-0.05, 0) is 38.0 Å². The fourth-order valence-corrected chi connectivity index (χ4v) is 2.51. The molecule has 1 aromatic carbocycles. The van der Waals surface area contributed by atoms with Crippen LogP contribution in [0, 0.1) is 13.8 Å². The minimum Gasteiger partial charge on any atom is -0.466 e. The minimum atomic E-state index is -0.197. The van der Waals surface area contributed by atoms with Crippen molar-refractivity contribution in [3.05, 3.63) is 58.5 Å². The average molecular weight is 316 g/mol. The second kappa shape index (κ2) is 7.83. The number of nitrogens with one attached hydrogen (secondary N) is 2. The molecular formula is C18H24N2O3. The van der Waals surface area contributed by atoms with Gasteiger partial charge in [0.2, 0.25) is 0 Å². The second-order valence-corrected chi connectivity index (χ2v) is 5.67. The van der Waals surface area contributed by atoms with E-state index in [0.29, 0.717) is 13.2 Å². The van der Waals surface area contributed by atoms with Crippen molar-refractivity contribution in [2.45, 2.75) is 40.0 Å². The third-order valence-corrected chi connectivity index (χ3v) is 3.68. The Kier molecular flexibility index (Phi) is 5.82. The van der Waals surface area contributed by atoms with Crippen LogP contribution in [0.25, 0.3) is 0 Å². The summed E-state index contributed by atoms with van der Waals surface area (Å²) in [6.45, 7) is 6.82. The van der Waals surface area contributed by atoms with E-state index in [1.54, 1.807) is 7.11 Å². The molecule has 1 unspecified atom stereocenters. The molecule has 0 radical (unpaired) electrons. The van der Waals surface area contributed by atoms with E-state index in [1.807, 2.05) is 51.1 Å². The van der Waals surface area contributed by atoms with Gasteiger partial charge in [-0.25, -0.2) is 4.79 Å². The Morgan fingerprint density at radius 2 is 1.87 bits per heavy atom. The predicted octanol–water partition coefficient (Wildman–Crippen LogP) is 3.60. The zero-order chi connectivity index (χ0) is 16.8. The van der Waals surface area contributed by atoms with E-state index in [0.717, 1.165) is 28.2 Å². The first kappa shape index (κ1) is 17.1. The molecule has 1 heterocycles. The van der Waals surface area contributed by atoms with Crippen molar-refractivity contribution < 1.29 is 13.9 Å². The van der Waals surface area contributed by atoms with Gasteiger partial charge in [-0.1, -0.05) is 24.3 Å². The van der Waals surface area contributed by atoms with Crippen molar-refractivity contribution in [2.75, 3.05) is 7.11 Å². The van der Waals surface area contributed by atoms with Crippen LogP contribution in [0.2, 0.25) is 0 Å². The number of carbonyl (C=O) groups is 1. The first-order chi connectivity index (χ1) is 11.0. The molecule has 124 valence electrons. The first-order valence-electron chi connectivity index (χ1n) is 7.67. The molecule has 1 atom stereocenters. The van der Waals surface area contributed by atoms with Gasteiger partial charge >= 0.3 is 6.03 Å². The van der Waals surface area contributed by atoms with Crippen molar-refractivity contribution in [3.8, 4) is 0 Å². The molecule has 0 fully saturated rings. The van der Waals surface area contributed by atoms with E-state index < -0.39 is 0 Å². The average Bonchev–Trinajstić information content (AvgIpc) is 2.85. The van der Waals surface area contributed by atoms with Gasteiger partial charge in [-0.15, -0.1) is 0 Å². The zero-order valence-electron chi connectivity index (χ0n) is 14.1. The molecule has 0 spiro atoms. The third kappa shape index (κ3) is 4.86. The van der Waals surface area contributed by atoms with Crippen molar-refractivity contribution in [1.82, 2.24) is 10.6 Å². The summed E-state index contributed by atoms with van der Waals surface area (Å²) >= 11 is 0. The molecule has 2 rings (SSSR count). The van der Waals surface area contributed by atoms with Crippen LogP contribution in [-0.4, -0.2) is 13.1 Å². The summed E-state index contributed by atoms with van der Waals surface area (Å²) in [5.74, 6) is 1.69. The van der Waals surface area contributed by atoms with Crippen molar-refractivity contribution >= 4 is 6.03 Å². The first-order valence-corrected chi connectivity index (χ1v) is 7.67. The number of amides is 2. The number of hydrogen-bond acceptors (Lipinski definition) is 3. The van der Waals surface area contributed by atoms with Gasteiger partial charge in [0.1, 0.15) is 11.5 Å². The van der Waals surface area contributed by atoms with E-state index in [-0.39, 0.29) is 12.1 Å². The molecule has 0 bridgehead atoms. The normalized spacial score (nSPS) is 12.0. The van der Waals surface area contributed by atoms with Crippen LogP contribution in [0.1, 0.15) is 41.2 Å². The van der Waals surface area contributed by atoms with Gasteiger partial charge in [-0.3, -0.25) is 0 Å². The van der Waals surface area contributed by atoms with Crippen molar-refractivity contribution in [1.29, 1.82) is 0 Å². The lowest BCUT2D eigenvalue weighted by Crippen LogP contribution is -2.36. The Labute approximate surface area is 137 Å². The lowest BCUT2D eigenvalue weighted by Gasteiger charge is -2.14. The molecule has 5 heteroatoms. The van der Waals surface area contributed by atoms with E-state index >= 15 is 0 Å². The van der Waals surface area contributed by atoms with Crippen LogP contribution in [-0.2, 0) is 17.9 Å². The Morgan fingerprint density at radius 1 is 1.22 bits per heavy atom. The van der Waals surface area contributed by atoms with E-state index in [2.05, 4.69) is 10.6 Å². The molecule has 0 saturated heterocycles. The summed E-state index contributed by atoms with van der Waals surface area (Å²) in [7, 11) is 1.67. The number of benzene rings is 1. The summed E-state index contributed by atoms with van der Waals surface area (Å²) in [4.78, 5) is 12.0. The van der Waals surface area contributed by atoms with Crippen LogP contribution in [0.4, 0.5) is 4.79 Å². The molecule has 0 aliphatic heterocycles. The van der Waals surface area contributed by atoms with Crippen LogP contribution < -0.4 is 10.6 Å². The predicted molar refractivity (Wildman–Crippen MR) is 89.1 cm³/mol. The van der Waals surface area contributed by atoms with Crippen LogP contribution >= 0.6 is 0 Å². The number of furan rings is 1. The molecule has 0 aliphatic carbocycles.